The van der Waals surface area contributed by atoms with Gasteiger partial charge in [0.25, 0.3) is 0 Å². The van der Waals surface area contributed by atoms with E-state index >= 15 is 0 Å². The maximum atomic E-state index is 11.7. The van der Waals surface area contributed by atoms with Gasteiger partial charge in [-0.25, -0.2) is 4.79 Å². The number of carbonyl (C=O) groups excluding carboxylic acids is 1. The van der Waals surface area contributed by atoms with Crippen LogP contribution >= 0.6 is 0 Å². The average molecular weight is 222 g/mol. The van der Waals surface area contributed by atoms with Gasteiger partial charge in [0.1, 0.15) is 6.61 Å². The van der Waals surface area contributed by atoms with Crippen molar-refractivity contribution in [2.24, 2.45) is 0 Å². The Morgan fingerprint density at radius 1 is 1.69 bits per heavy atom. The van der Waals surface area contributed by atoms with E-state index in [0.717, 1.165) is 13.0 Å². The van der Waals surface area contributed by atoms with E-state index in [4.69, 9.17) is 4.74 Å². The van der Waals surface area contributed by atoms with Gasteiger partial charge in [-0.05, 0) is 44.8 Å². The van der Waals surface area contributed by atoms with Crippen molar-refractivity contribution in [1.29, 1.82) is 0 Å². The first kappa shape index (κ1) is 11.2. The van der Waals surface area contributed by atoms with Gasteiger partial charge in [-0.2, -0.15) is 0 Å². The molecule has 2 rings (SSSR count). The lowest BCUT2D eigenvalue weighted by Crippen LogP contribution is -2.31. The minimum absolute atomic E-state index is 0.197. The molecule has 0 amide bonds. The smallest absolute Gasteiger partial charge is 0.335 e. The summed E-state index contributed by atoms with van der Waals surface area (Å²) in [5, 5.41) is 2.99. The van der Waals surface area contributed by atoms with Crippen LogP contribution in [0.25, 0.3) is 0 Å². The molecule has 2 aliphatic heterocycles. The molecular weight excluding hydrogens is 204 g/mol. The number of hydrogen-bond donors (Lipinski definition) is 1. The Kier molecular flexibility index (Phi) is 3.62. The predicted octanol–water partition coefficient (Wildman–Crippen LogP) is 0.667. The largest absolute Gasteiger partial charge is 0.461 e. The molecule has 4 nitrogen and oxygen atoms in total. The number of nitrogens with one attached hydrogen (secondary N) is 1. The van der Waals surface area contributed by atoms with Crippen LogP contribution < -0.4 is 5.32 Å². The quantitative estimate of drug-likeness (QED) is 0.713. The predicted molar refractivity (Wildman–Crippen MR) is 61.8 cm³/mol. The van der Waals surface area contributed by atoms with Crippen molar-refractivity contribution < 1.29 is 9.53 Å². The second-order valence-electron chi connectivity index (χ2n) is 4.31. The lowest BCUT2D eigenvalue weighted by Gasteiger charge is -2.19. The molecule has 2 aliphatic rings. The zero-order valence-corrected chi connectivity index (χ0v) is 9.61. The highest BCUT2D eigenvalue weighted by atomic mass is 16.5. The third-order valence-electron chi connectivity index (χ3n) is 3.14. The highest BCUT2D eigenvalue weighted by molar-refractivity contribution is 5.89. The van der Waals surface area contributed by atoms with Crippen LogP contribution in [0.2, 0.25) is 0 Å². The summed E-state index contributed by atoms with van der Waals surface area (Å²) in [6.07, 6.45) is 7.77. The van der Waals surface area contributed by atoms with Crippen LogP contribution in [0.15, 0.2) is 23.9 Å². The molecule has 16 heavy (non-hydrogen) atoms. The Morgan fingerprint density at radius 3 is 3.19 bits per heavy atom. The number of esters is 1. The molecule has 0 unspecified atom stereocenters. The van der Waals surface area contributed by atoms with E-state index in [1.165, 1.54) is 6.42 Å². The summed E-state index contributed by atoms with van der Waals surface area (Å²) in [5.41, 5.74) is 0.697. The number of ether oxygens (including phenoxy) is 1. The highest BCUT2D eigenvalue weighted by Gasteiger charge is 2.22. The molecule has 88 valence electrons. The Morgan fingerprint density at radius 2 is 2.56 bits per heavy atom. The summed E-state index contributed by atoms with van der Waals surface area (Å²) in [4.78, 5) is 13.9. The Hall–Kier alpha value is -1.29. The van der Waals surface area contributed by atoms with Crippen molar-refractivity contribution in [2.75, 3.05) is 26.7 Å². The number of rotatable bonds is 3. The molecular formula is C12H18N2O2. The summed E-state index contributed by atoms with van der Waals surface area (Å²) in [5.74, 6) is -0.197. The molecule has 0 aliphatic carbocycles. The van der Waals surface area contributed by atoms with E-state index in [-0.39, 0.29) is 5.97 Å². The van der Waals surface area contributed by atoms with Crippen molar-refractivity contribution in [3.05, 3.63) is 23.9 Å². The minimum atomic E-state index is -0.197. The number of carbonyl (C=O) groups is 1. The van der Waals surface area contributed by atoms with E-state index in [9.17, 15) is 4.79 Å². The SMILES string of the molecule is CN1CCC[C@H]1COC(=O)C1=CC=CNC1. The van der Waals surface area contributed by atoms with Gasteiger partial charge in [0.05, 0.1) is 5.57 Å². The number of hydrogen-bond acceptors (Lipinski definition) is 4. The van der Waals surface area contributed by atoms with Gasteiger partial charge in [0.15, 0.2) is 0 Å². The molecule has 0 aromatic heterocycles. The normalized spacial score (nSPS) is 25.1. The van der Waals surface area contributed by atoms with E-state index in [1.807, 2.05) is 12.3 Å². The summed E-state index contributed by atoms with van der Waals surface area (Å²) < 4.78 is 5.31. The van der Waals surface area contributed by atoms with Crippen LogP contribution in [0.3, 0.4) is 0 Å². The van der Waals surface area contributed by atoms with E-state index in [0.29, 0.717) is 24.8 Å². The number of allylic oxidation sites excluding steroid dienone is 2. The van der Waals surface area contributed by atoms with Gasteiger partial charge < -0.3 is 15.0 Å². The second-order valence-corrected chi connectivity index (χ2v) is 4.31. The molecule has 0 saturated carbocycles. The van der Waals surface area contributed by atoms with Crippen LogP contribution in [0.1, 0.15) is 12.8 Å². The Bertz CT molecular complexity index is 323. The molecule has 1 fully saturated rings. The number of likely N-dealkylation sites (N-methyl/N-ethyl adjacent to an activating group) is 1. The maximum absolute atomic E-state index is 11.7. The number of nitrogens with zero attached hydrogens (tertiary/aromatic N) is 1. The first-order valence-electron chi connectivity index (χ1n) is 5.74. The van der Waals surface area contributed by atoms with Crippen LogP contribution in [0, 0.1) is 0 Å². The number of dihydropyridines is 1. The Balaban J connectivity index is 1.79. The minimum Gasteiger partial charge on any atom is -0.461 e. The van der Waals surface area contributed by atoms with Crippen molar-refractivity contribution in [2.45, 2.75) is 18.9 Å². The molecule has 0 spiro atoms. The third-order valence-corrected chi connectivity index (χ3v) is 3.14. The molecule has 0 radical (unpaired) electrons. The van der Waals surface area contributed by atoms with Gasteiger partial charge in [-0.3, -0.25) is 0 Å². The fourth-order valence-electron chi connectivity index (χ4n) is 2.05. The fraction of sp³-hybridized carbons (Fsp3) is 0.583. The number of likely N-dealkylation sites (tertiary alicyclic amines) is 1. The first-order chi connectivity index (χ1) is 7.77. The van der Waals surface area contributed by atoms with Gasteiger partial charge >= 0.3 is 5.97 Å². The molecule has 1 saturated heterocycles. The summed E-state index contributed by atoms with van der Waals surface area (Å²) in [7, 11) is 2.08. The summed E-state index contributed by atoms with van der Waals surface area (Å²) >= 11 is 0. The highest BCUT2D eigenvalue weighted by Crippen LogP contribution is 2.15. The van der Waals surface area contributed by atoms with Crippen LogP contribution in [-0.4, -0.2) is 43.7 Å². The van der Waals surface area contributed by atoms with Crippen LogP contribution in [-0.2, 0) is 9.53 Å². The van der Waals surface area contributed by atoms with Gasteiger partial charge in [0.2, 0.25) is 0 Å². The third kappa shape index (κ3) is 2.64. The summed E-state index contributed by atoms with van der Waals surface area (Å²) in [6.45, 7) is 2.18. The Labute approximate surface area is 95.9 Å². The molecule has 1 atom stereocenters. The van der Waals surface area contributed by atoms with Crippen molar-refractivity contribution in [3.8, 4) is 0 Å². The van der Waals surface area contributed by atoms with E-state index in [1.54, 1.807) is 6.08 Å². The lowest BCUT2D eigenvalue weighted by atomic mass is 10.2. The zero-order chi connectivity index (χ0) is 11.4. The molecule has 1 N–H and O–H groups in total. The molecule has 0 aromatic rings. The molecule has 0 aromatic carbocycles. The fourth-order valence-corrected chi connectivity index (χ4v) is 2.05. The monoisotopic (exact) mass is 222 g/mol. The van der Waals surface area contributed by atoms with Crippen LogP contribution in [0.4, 0.5) is 0 Å². The molecule has 0 bridgehead atoms. The zero-order valence-electron chi connectivity index (χ0n) is 9.61. The topological polar surface area (TPSA) is 41.6 Å². The van der Waals surface area contributed by atoms with Gasteiger partial charge in [-0.15, -0.1) is 0 Å². The maximum Gasteiger partial charge on any atom is 0.335 e. The molecule has 4 heteroatoms. The first-order valence-corrected chi connectivity index (χ1v) is 5.74. The average Bonchev–Trinajstić information content (AvgIpc) is 2.73. The second kappa shape index (κ2) is 5.16. The van der Waals surface area contributed by atoms with Crippen molar-refractivity contribution >= 4 is 5.97 Å². The lowest BCUT2D eigenvalue weighted by molar-refractivity contribution is -0.140. The van der Waals surface area contributed by atoms with Crippen molar-refractivity contribution in [3.63, 3.8) is 0 Å². The van der Waals surface area contributed by atoms with Gasteiger partial charge in [-0.1, -0.05) is 0 Å². The summed E-state index contributed by atoms with van der Waals surface area (Å²) in [6, 6.07) is 0.400. The van der Waals surface area contributed by atoms with E-state index < -0.39 is 0 Å². The standard InChI is InChI=1S/C12H18N2O2/c1-14-7-3-5-11(14)9-16-12(15)10-4-2-6-13-8-10/h2,4,6,11,13H,3,5,7-9H2,1H3/t11-/m0/s1. The van der Waals surface area contributed by atoms with Gasteiger partial charge in [0, 0.05) is 12.6 Å². The van der Waals surface area contributed by atoms with Crippen molar-refractivity contribution in [1.82, 2.24) is 10.2 Å². The molecule has 2 heterocycles. The van der Waals surface area contributed by atoms with E-state index in [2.05, 4.69) is 17.3 Å². The van der Waals surface area contributed by atoms with Crippen LogP contribution in [0.5, 0.6) is 0 Å².